The molecule has 0 unspecified atom stereocenters. The third-order valence-corrected chi connectivity index (χ3v) is 4.50. The van der Waals surface area contributed by atoms with Gasteiger partial charge in [0, 0.05) is 43.8 Å². The van der Waals surface area contributed by atoms with Gasteiger partial charge in [-0.1, -0.05) is 12.1 Å². The van der Waals surface area contributed by atoms with E-state index in [1.807, 2.05) is 19.1 Å². The predicted molar refractivity (Wildman–Crippen MR) is 97.8 cm³/mol. The molecule has 1 saturated heterocycles. The number of hydrogen-bond donors (Lipinski definition) is 1. The standard InChI is InChI=1S/C19H21F3N4O/c1-14-13-15(7-8-23-14)25-9-4-10-26(12-11-25)18(27)24-17-6-3-2-5-16(17)19(20,21)22/h2-3,5-8,13H,4,9-12H2,1H3,(H,24,27). The summed E-state index contributed by atoms with van der Waals surface area (Å²) in [7, 11) is 0. The van der Waals surface area contributed by atoms with Crippen LogP contribution < -0.4 is 10.2 Å². The van der Waals surface area contributed by atoms with Gasteiger partial charge in [-0.15, -0.1) is 0 Å². The second-order valence-electron chi connectivity index (χ2n) is 6.46. The number of aromatic nitrogens is 1. The molecule has 0 bridgehead atoms. The molecule has 0 aliphatic carbocycles. The maximum atomic E-state index is 13.1. The van der Waals surface area contributed by atoms with Gasteiger partial charge in [0.2, 0.25) is 0 Å². The SMILES string of the molecule is Cc1cc(N2CCCN(C(=O)Nc3ccccc3C(F)(F)F)CC2)ccn1. The summed E-state index contributed by atoms with van der Waals surface area (Å²) in [5, 5.41) is 2.42. The Labute approximate surface area is 155 Å². The number of aryl methyl sites for hydroxylation is 1. The zero-order valence-corrected chi connectivity index (χ0v) is 15.0. The number of benzene rings is 1. The third-order valence-electron chi connectivity index (χ3n) is 4.50. The van der Waals surface area contributed by atoms with Gasteiger partial charge < -0.3 is 15.1 Å². The first kappa shape index (κ1) is 19.0. The van der Waals surface area contributed by atoms with Gasteiger partial charge >= 0.3 is 12.2 Å². The van der Waals surface area contributed by atoms with Crippen molar-refractivity contribution in [2.45, 2.75) is 19.5 Å². The summed E-state index contributed by atoms with van der Waals surface area (Å²) in [5.41, 5.74) is 0.880. The van der Waals surface area contributed by atoms with Gasteiger partial charge in [-0.3, -0.25) is 4.98 Å². The van der Waals surface area contributed by atoms with Gasteiger partial charge in [0.05, 0.1) is 11.3 Å². The van der Waals surface area contributed by atoms with E-state index < -0.39 is 17.8 Å². The van der Waals surface area contributed by atoms with Gasteiger partial charge in [0.15, 0.2) is 0 Å². The molecule has 2 heterocycles. The molecule has 144 valence electrons. The molecule has 1 fully saturated rings. The number of urea groups is 1. The van der Waals surface area contributed by atoms with Crippen molar-refractivity contribution in [2.75, 3.05) is 36.4 Å². The Hall–Kier alpha value is -2.77. The monoisotopic (exact) mass is 378 g/mol. The lowest BCUT2D eigenvalue weighted by atomic mass is 10.1. The van der Waals surface area contributed by atoms with Crippen LogP contribution in [-0.4, -0.2) is 42.1 Å². The van der Waals surface area contributed by atoms with Crippen molar-refractivity contribution in [1.29, 1.82) is 0 Å². The highest BCUT2D eigenvalue weighted by molar-refractivity contribution is 5.90. The fourth-order valence-corrected chi connectivity index (χ4v) is 3.14. The minimum Gasteiger partial charge on any atom is -0.370 e. The van der Waals surface area contributed by atoms with Crippen molar-refractivity contribution in [3.8, 4) is 0 Å². The van der Waals surface area contributed by atoms with Crippen LogP contribution in [0.2, 0.25) is 0 Å². The fraction of sp³-hybridized carbons (Fsp3) is 0.368. The Balaban J connectivity index is 1.67. The molecule has 8 heteroatoms. The average Bonchev–Trinajstić information content (AvgIpc) is 2.87. The van der Waals surface area contributed by atoms with E-state index in [-0.39, 0.29) is 5.69 Å². The topological polar surface area (TPSA) is 48.5 Å². The number of pyridine rings is 1. The third kappa shape index (κ3) is 4.69. The number of alkyl halides is 3. The molecular weight excluding hydrogens is 357 g/mol. The first-order valence-corrected chi connectivity index (χ1v) is 8.74. The van der Waals surface area contributed by atoms with Crippen molar-refractivity contribution in [1.82, 2.24) is 9.88 Å². The Morgan fingerprint density at radius 2 is 1.89 bits per heavy atom. The molecular formula is C19H21F3N4O. The summed E-state index contributed by atoms with van der Waals surface area (Å²) in [6, 6.07) is 8.40. The van der Waals surface area contributed by atoms with Crippen LogP contribution in [-0.2, 0) is 6.18 Å². The largest absolute Gasteiger partial charge is 0.418 e. The lowest BCUT2D eigenvalue weighted by molar-refractivity contribution is -0.136. The number of amides is 2. The number of hydrogen-bond acceptors (Lipinski definition) is 3. The van der Waals surface area contributed by atoms with E-state index in [0.717, 1.165) is 30.4 Å². The smallest absolute Gasteiger partial charge is 0.370 e. The van der Waals surface area contributed by atoms with Crippen molar-refractivity contribution in [2.24, 2.45) is 0 Å². The van der Waals surface area contributed by atoms with E-state index in [0.29, 0.717) is 19.6 Å². The molecule has 3 rings (SSSR count). The average molecular weight is 378 g/mol. The number of rotatable bonds is 2. The van der Waals surface area contributed by atoms with E-state index in [4.69, 9.17) is 0 Å². The Bertz CT molecular complexity index is 810. The van der Waals surface area contributed by atoms with Crippen LogP contribution in [0, 0.1) is 6.92 Å². The van der Waals surface area contributed by atoms with Crippen LogP contribution in [0.4, 0.5) is 29.3 Å². The second kappa shape index (κ2) is 7.85. The number of carbonyl (C=O) groups excluding carboxylic acids is 1. The van der Waals surface area contributed by atoms with Crippen LogP contribution in [0.15, 0.2) is 42.6 Å². The number of nitrogens with zero attached hydrogens (tertiary/aromatic N) is 3. The molecule has 1 aliphatic rings. The van der Waals surface area contributed by atoms with E-state index in [1.165, 1.54) is 18.2 Å². The highest BCUT2D eigenvalue weighted by atomic mass is 19.4. The molecule has 0 radical (unpaired) electrons. The fourth-order valence-electron chi connectivity index (χ4n) is 3.14. The molecule has 27 heavy (non-hydrogen) atoms. The van der Waals surface area contributed by atoms with Crippen molar-refractivity contribution in [3.05, 3.63) is 53.9 Å². The number of anilines is 2. The lowest BCUT2D eigenvalue weighted by Gasteiger charge is -2.24. The first-order valence-electron chi connectivity index (χ1n) is 8.74. The quantitative estimate of drug-likeness (QED) is 0.854. The van der Waals surface area contributed by atoms with Gasteiger partial charge in [0.1, 0.15) is 0 Å². The normalized spacial score (nSPS) is 15.4. The number of halogens is 3. The van der Waals surface area contributed by atoms with Gasteiger partial charge in [-0.2, -0.15) is 13.2 Å². The number of carbonyl (C=O) groups is 1. The van der Waals surface area contributed by atoms with E-state index in [1.54, 1.807) is 11.1 Å². The maximum Gasteiger partial charge on any atom is 0.418 e. The summed E-state index contributed by atoms with van der Waals surface area (Å²) < 4.78 is 39.3. The van der Waals surface area contributed by atoms with Crippen molar-refractivity contribution < 1.29 is 18.0 Å². The van der Waals surface area contributed by atoms with E-state index >= 15 is 0 Å². The number of para-hydroxylation sites is 1. The Kier molecular flexibility index (Phi) is 5.53. The number of nitrogens with one attached hydrogen (secondary N) is 1. The summed E-state index contributed by atoms with van der Waals surface area (Å²) in [4.78, 5) is 20.4. The van der Waals surface area contributed by atoms with Crippen LogP contribution in [0.3, 0.4) is 0 Å². The predicted octanol–water partition coefficient (Wildman–Crippen LogP) is 4.15. The molecule has 2 aromatic rings. The Morgan fingerprint density at radius 1 is 1.11 bits per heavy atom. The van der Waals surface area contributed by atoms with Crippen LogP contribution in [0.25, 0.3) is 0 Å². The molecule has 1 N–H and O–H groups in total. The minimum absolute atomic E-state index is 0.221. The van der Waals surface area contributed by atoms with E-state index in [9.17, 15) is 18.0 Å². The van der Waals surface area contributed by atoms with Gasteiger partial charge in [-0.05, 0) is 37.6 Å². The summed E-state index contributed by atoms with van der Waals surface area (Å²) in [5.74, 6) is 0. The highest BCUT2D eigenvalue weighted by Crippen LogP contribution is 2.34. The van der Waals surface area contributed by atoms with Gasteiger partial charge in [0.25, 0.3) is 0 Å². The molecule has 5 nitrogen and oxygen atoms in total. The van der Waals surface area contributed by atoms with Crippen molar-refractivity contribution in [3.63, 3.8) is 0 Å². The van der Waals surface area contributed by atoms with Crippen LogP contribution >= 0.6 is 0 Å². The maximum absolute atomic E-state index is 13.1. The lowest BCUT2D eigenvalue weighted by Crippen LogP contribution is -2.38. The summed E-state index contributed by atoms with van der Waals surface area (Å²) in [6.07, 6.45) is -2.04. The summed E-state index contributed by atoms with van der Waals surface area (Å²) in [6.45, 7) is 4.21. The molecule has 1 aromatic carbocycles. The van der Waals surface area contributed by atoms with Crippen LogP contribution in [0.1, 0.15) is 17.7 Å². The molecule has 1 aromatic heterocycles. The zero-order chi connectivity index (χ0) is 19.4. The molecule has 1 aliphatic heterocycles. The minimum atomic E-state index is -4.52. The second-order valence-corrected chi connectivity index (χ2v) is 6.46. The summed E-state index contributed by atoms with van der Waals surface area (Å²) >= 11 is 0. The van der Waals surface area contributed by atoms with Crippen LogP contribution in [0.5, 0.6) is 0 Å². The highest BCUT2D eigenvalue weighted by Gasteiger charge is 2.34. The zero-order valence-electron chi connectivity index (χ0n) is 15.0. The van der Waals surface area contributed by atoms with Gasteiger partial charge in [-0.25, -0.2) is 4.79 Å². The molecule has 2 amide bonds. The molecule has 0 saturated carbocycles. The first-order chi connectivity index (χ1) is 12.8. The Morgan fingerprint density at radius 3 is 2.63 bits per heavy atom. The van der Waals surface area contributed by atoms with Crippen molar-refractivity contribution >= 4 is 17.4 Å². The molecule has 0 atom stereocenters. The molecule has 0 spiro atoms. The van der Waals surface area contributed by atoms with E-state index in [2.05, 4.69) is 15.2 Å².